The molecule has 1 aromatic heterocycles. The Morgan fingerprint density at radius 2 is 2.06 bits per heavy atom. The highest BCUT2D eigenvalue weighted by Gasteiger charge is 2.31. The fraction of sp³-hybridized carbons (Fsp3) is 0.167. The number of nitrogens with zero attached hydrogens (tertiary/aromatic N) is 2. The van der Waals surface area contributed by atoms with Crippen LogP contribution >= 0.6 is 22.6 Å². The van der Waals surface area contributed by atoms with Gasteiger partial charge in [0.2, 0.25) is 10.0 Å². The molecule has 1 heterocycles. The Balaban J connectivity index is 3.69. The first-order valence-electron chi connectivity index (χ1n) is 3.80. The predicted octanol–water partition coefficient (Wildman–Crippen LogP) is 1.18. The van der Waals surface area contributed by atoms with Gasteiger partial charge < -0.3 is 0 Å². The number of hydrogen-bond acceptors (Lipinski definition) is 5. The minimum absolute atomic E-state index is 0.455. The van der Waals surface area contributed by atoms with Crippen molar-refractivity contribution in [3.63, 3.8) is 0 Å². The summed E-state index contributed by atoms with van der Waals surface area (Å²) in [6.45, 7) is 0. The van der Waals surface area contributed by atoms with Gasteiger partial charge in [0.05, 0.1) is 11.1 Å². The van der Waals surface area contributed by atoms with Crippen LogP contribution in [0.3, 0.4) is 0 Å². The highest BCUT2D eigenvalue weighted by atomic mass is 127. The smallest absolute Gasteiger partial charge is 0.258 e. The number of sulfonamides is 1. The molecule has 0 saturated heterocycles. The van der Waals surface area contributed by atoms with E-state index < -0.39 is 41.2 Å². The van der Waals surface area contributed by atoms with Crippen LogP contribution in [0.4, 0.5) is 14.5 Å². The Bertz CT molecular complexity index is 577. The van der Waals surface area contributed by atoms with E-state index in [4.69, 9.17) is 5.14 Å². The van der Waals surface area contributed by atoms with E-state index in [9.17, 15) is 27.3 Å². The number of pyridine rings is 1. The first-order valence-corrected chi connectivity index (χ1v) is 6.42. The Hall–Kier alpha value is -0.950. The summed E-state index contributed by atoms with van der Waals surface area (Å²) in [7, 11) is -4.40. The summed E-state index contributed by atoms with van der Waals surface area (Å²) in [5.41, 5.74) is -1.84. The molecule has 1 aromatic rings. The molecule has 0 fully saturated rings. The number of rotatable bonds is 3. The fourth-order valence-electron chi connectivity index (χ4n) is 1.01. The molecule has 0 aliphatic carbocycles. The van der Waals surface area contributed by atoms with Gasteiger partial charge in [0, 0.05) is 0 Å². The Labute approximate surface area is 107 Å². The van der Waals surface area contributed by atoms with Crippen LogP contribution in [0.1, 0.15) is 12.1 Å². The number of hydrogen-bond donors (Lipinski definition) is 1. The van der Waals surface area contributed by atoms with Gasteiger partial charge in [0.25, 0.3) is 6.43 Å². The van der Waals surface area contributed by atoms with E-state index in [2.05, 4.69) is 4.98 Å². The number of halogens is 3. The fourth-order valence-corrected chi connectivity index (χ4v) is 2.70. The number of nitrogens with two attached hydrogens (primary N) is 1. The summed E-state index contributed by atoms with van der Waals surface area (Å²) in [5.74, 6) is 0. The quantitative estimate of drug-likeness (QED) is 0.481. The van der Waals surface area contributed by atoms with E-state index in [0.29, 0.717) is 6.20 Å². The van der Waals surface area contributed by atoms with Crippen LogP contribution < -0.4 is 5.14 Å². The maximum absolute atomic E-state index is 12.4. The summed E-state index contributed by atoms with van der Waals surface area (Å²) in [6, 6.07) is 0. The molecule has 17 heavy (non-hydrogen) atoms. The summed E-state index contributed by atoms with van der Waals surface area (Å²) < 4.78 is 46.4. The van der Waals surface area contributed by atoms with Gasteiger partial charge in [-0.2, -0.15) is 0 Å². The lowest BCUT2D eigenvalue weighted by molar-refractivity contribution is -0.389. The van der Waals surface area contributed by atoms with Crippen LogP contribution in [0.5, 0.6) is 0 Å². The van der Waals surface area contributed by atoms with E-state index in [-0.39, 0.29) is 0 Å². The van der Waals surface area contributed by atoms with Crippen molar-refractivity contribution in [2.45, 2.75) is 11.3 Å². The molecule has 7 nitrogen and oxygen atoms in total. The van der Waals surface area contributed by atoms with Crippen LogP contribution in [0, 0.1) is 13.7 Å². The number of aromatic nitrogens is 1. The molecule has 1 rings (SSSR count). The van der Waals surface area contributed by atoms with Gasteiger partial charge in [0.1, 0.15) is 9.26 Å². The molecule has 0 spiro atoms. The van der Waals surface area contributed by atoms with Crippen molar-refractivity contribution in [1.29, 1.82) is 0 Å². The Morgan fingerprint density at radius 1 is 1.53 bits per heavy atom. The van der Waals surface area contributed by atoms with Gasteiger partial charge in [-0.05, 0) is 22.6 Å². The lowest BCUT2D eigenvalue weighted by Gasteiger charge is -2.06. The van der Waals surface area contributed by atoms with Gasteiger partial charge in [0.15, 0.2) is 4.90 Å². The first-order chi connectivity index (χ1) is 7.66. The van der Waals surface area contributed by atoms with Gasteiger partial charge >= 0.3 is 5.69 Å². The van der Waals surface area contributed by atoms with Gasteiger partial charge in [-0.15, -0.1) is 0 Å². The van der Waals surface area contributed by atoms with Crippen LogP contribution in [0.2, 0.25) is 0 Å². The minimum Gasteiger partial charge on any atom is -0.258 e. The molecule has 0 aliphatic heterocycles. The third-order valence-corrected chi connectivity index (χ3v) is 3.66. The second-order valence-electron chi connectivity index (χ2n) is 2.77. The van der Waals surface area contributed by atoms with Crippen LogP contribution in [-0.4, -0.2) is 18.3 Å². The molecule has 0 radical (unpaired) electrons. The third kappa shape index (κ3) is 2.84. The monoisotopic (exact) mass is 379 g/mol. The zero-order valence-corrected chi connectivity index (χ0v) is 10.8. The highest BCUT2D eigenvalue weighted by Crippen LogP contribution is 2.33. The molecule has 94 valence electrons. The average Bonchev–Trinajstić information content (AvgIpc) is 2.14. The van der Waals surface area contributed by atoms with Crippen LogP contribution in [0.25, 0.3) is 0 Å². The topological polar surface area (TPSA) is 116 Å². The van der Waals surface area contributed by atoms with Crippen molar-refractivity contribution in [2.24, 2.45) is 5.14 Å². The van der Waals surface area contributed by atoms with Crippen molar-refractivity contribution in [1.82, 2.24) is 4.98 Å². The SMILES string of the molecule is NS(=O)(=O)c1cnc(C(F)F)c(I)c1[N+](=O)[O-]. The largest absolute Gasteiger partial charge is 0.306 e. The maximum Gasteiger partial charge on any atom is 0.306 e. The molecule has 0 amide bonds. The summed E-state index contributed by atoms with van der Waals surface area (Å²) in [4.78, 5) is 11.9. The molecule has 11 heteroatoms. The van der Waals surface area contributed by atoms with Crippen molar-refractivity contribution in [3.05, 3.63) is 25.6 Å². The van der Waals surface area contributed by atoms with E-state index >= 15 is 0 Å². The summed E-state index contributed by atoms with van der Waals surface area (Å²) in [6.07, 6.45) is -2.59. The van der Waals surface area contributed by atoms with Gasteiger partial charge in [-0.25, -0.2) is 22.3 Å². The summed E-state index contributed by atoms with van der Waals surface area (Å²) >= 11 is 1.23. The predicted molar refractivity (Wildman–Crippen MR) is 59.9 cm³/mol. The standard InChI is InChI=1S/C6H4F2IN3O4S/c7-6(8)4-3(9)5(12(13)14)2(1-11-4)17(10,15)16/h1,6H,(H2,10,15,16). The van der Waals surface area contributed by atoms with E-state index in [1.807, 2.05) is 0 Å². The third-order valence-electron chi connectivity index (χ3n) is 1.68. The van der Waals surface area contributed by atoms with Crippen molar-refractivity contribution in [3.8, 4) is 0 Å². The second kappa shape index (κ2) is 4.73. The number of primary sulfonamides is 1. The molecule has 2 N–H and O–H groups in total. The Morgan fingerprint density at radius 3 is 2.41 bits per heavy atom. The molecule has 0 bridgehead atoms. The van der Waals surface area contributed by atoms with Gasteiger partial charge in [-0.3, -0.25) is 15.1 Å². The highest BCUT2D eigenvalue weighted by molar-refractivity contribution is 14.1. The lowest BCUT2D eigenvalue weighted by atomic mass is 10.3. The lowest BCUT2D eigenvalue weighted by Crippen LogP contribution is -2.16. The average molecular weight is 379 g/mol. The molecule has 0 aromatic carbocycles. The molecule has 0 saturated carbocycles. The second-order valence-corrected chi connectivity index (χ2v) is 5.38. The van der Waals surface area contributed by atoms with E-state index in [1.54, 1.807) is 0 Å². The normalized spacial score (nSPS) is 11.8. The summed E-state index contributed by atoms with van der Waals surface area (Å²) in [5, 5.41) is 15.4. The van der Waals surface area contributed by atoms with E-state index in [1.165, 1.54) is 22.6 Å². The van der Waals surface area contributed by atoms with Gasteiger partial charge in [-0.1, -0.05) is 0 Å². The molecule has 0 aliphatic rings. The number of nitro groups is 1. The number of alkyl halides is 2. The van der Waals surface area contributed by atoms with Crippen molar-refractivity contribution in [2.75, 3.05) is 0 Å². The van der Waals surface area contributed by atoms with E-state index in [0.717, 1.165) is 0 Å². The molecule has 0 atom stereocenters. The molecule has 0 unspecified atom stereocenters. The Kier molecular flexibility index (Phi) is 3.93. The zero-order chi connectivity index (χ0) is 13.4. The van der Waals surface area contributed by atoms with Crippen LogP contribution in [0.15, 0.2) is 11.1 Å². The maximum atomic E-state index is 12.4. The first kappa shape index (κ1) is 14.1. The van der Waals surface area contributed by atoms with Crippen LogP contribution in [-0.2, 0) is 10.0 Å². The zero-order valence-electron chi connectivity index (χ0n) is 7.80. The van der Waals surface area contributed by atoms with Crippen molar-refractivity contribution < 1.29 is 22.1 Å². The van der Waals surface area contributed by atoms with Crippen molar-refractivity contribution >= 4 is 38.3 Å². The minimum atomic E-state index is -4.40. The molecular weight excluding hydrogens is 375 g/mol. The molecular formula is C6H4F2IN3O4S.